The minimum Gasteiger partial charge on any atom is -0.491 e. The van der Waals surface area contributed by atoms with E-state index in [4.69, 9.17) is 4.74 Å². The van der Waals surface area contributed by atoms with Crippen molar-refractivity contribution in [3.05, 3.63) is 28.7 Å². The summed E-state index contributed by atoms with van der Waals surface area (Å²) in [5.41, 5.74) is 0. The number of halogens is 1. The van der Waals surface area contributed by atoms with E-state index in [0.717, 1.165) is 29.2 Å². The highest BCUT2D eigenvalue weighted by Gasteiger charge is 2.19. The molecule has 1 saturated heterocycles. The van der Waals surface area contributed by atoms with Crippen LogP contribution < -0.4 is 4.74 Å². The van der Waals surface area contributed by atoms with Gasteiger partial charge in [0.25, 0.3) is 0 Å². The van der Waals surface area contributed by atoms with E-state index in [9.17, 15) is 5.11 Å². The monoisotopic (exact) mass is 327 g/mol. The summed E-state index contributed by atoms with van der Waals surface area (Å²) in [5.74, 6) is 1.54. The summed E-state index contributed by atoms with van der Waals surface area (Å²) in [6.07, 6.45) is 2.12. The number of nitrogens with zero attached hydrogens (tertiary/aromatic N) is 1. The summed E-state index contributed by atoms with van der Waals surface area (Å²) in [4.78, 5) is 2.34. The zero-order chi connectivity index (χ0) is 13.7. The lowest BCUT2D eigenvalue weighted by atomic mass is 10.0. The van der Waals surface area contributed by atoms with Crippen LogP contribution in [0.3, 0.4) is 0 Å². The molecule has 0 unspecified atom stereocenters. The van der Waals surface area contributed by atoms with E-state index in [0.29, 0.717) is 13.2 Å². The Morgan fingerprint density at radius 2 is 2.16 bits per heavy atom. The van der Waals surface area contributed by atoms with Crippen molar-refractivity contribution in [1.29, 1.82) is 0 Å². The molecule has 1 aliphatic heterocycles. The van der Waals surface area contributed by atoms with Crippen LogP contribution in [0, 0.1) is 5.92 Å². The number of aliphatic hydroxyl groups is 1. The SMILES string of the molecule is C[C@H]1CCCN(C[C@H](O)COc2ccc(Br)cc2)C1. The van der Waals surface area contributed by atoms with Gasteiger partial charge in [-0.2, -0.15) is 0 Å². The smallest absolute Gasteiger partial charge is 0.119 e. The maximum Gasteiger partial charge on any atom is 0.119 e. The van der Waals surface area contributed by atoms with Gasteiger partial charge in [0, 0.05) is 17.6 Å². The van der Waals surface area contributed by atoms with E-state index in [1.165, 1.54) is 12.8 Å². The van der Waals surface area contributed by atoms with Crippen LogP contribution in [0.4, 0.5) is 0 Å². The number of rotatable bonds is 5. The summed E-state index contributed by atoms with van der Waals surface area (Å²) in [7, 11) is 0. The highest BCUT2D eigenvalue weighted by Crippen LogP contribution is 2.17. The van der Waals surface area contributed by atoms with Gasteiger partial charge in [0.15, 0.2) is 0 Å². The van der Waals surface area contributed by atoms with Gasteiger partial charge in [-0.15, -0.1) is 0 Å². The number of ether oxygens (including phenoxy) is 1. The van der Waals surface area contributed by atoms with Gasteiger partial charge in [0.2, 0.25) is 0 Å². The molecule has 1 aromatic carbocycles. The second-order valence-electron chi connectivity index (χ2n) is 5.43. The third kappa shape index (κ3) is 5.13. The van der Waals surface area contributed by atoms with Gasteiger partial charge in [-0.1, -0.05) is 22.9 Å². The van der Waals surface area contributed by atoms with E-state index < -0.39 is 6.10 Å². The van der Waals surface area contributed by atoms with Crippen molar-refractivity contribution in [3.8, 4) is 5.75 Å². The molecular formula is C15H22BrNO2. The van der Waals surface area contributed by atoms with Crippen LogP contribution in [0.15, 0.2) is 28.7 Å². The molecule has 106 valence electrons. The number of β-amino-alcohol motifs (C(OH)–C–C–N with tert-alkyl or cyclic N) is 1. The van der Waals surface area contributed by atoms with Crippen molar-refractivity contribution >= 4 is 15.9 Å². The van der Waals surface area contributed by atoms with Crippen LogP contribution in [0.25, 0.3) is 0 Å². The third-order valence-electron chi connectivity index (χ3n) is 3.47. The lowest BCUT2D eigenvalue weighted by molar-refractivity contribution is 0.0537. The van der Waals surface area contributed by atoms with E-state index >= 15 is 0 Å². The zero-order valence-electron chi connectivity index (χ0n) is 11.4. The zero-order valence-corrected chi connectivity index (χ0v) is 13.0. The topological polar surface area (TPSA) is 32.7 Å². The molecule has 0 amide bonds. The van der Waals surface area contributed by atoms with Gasteiger partial charge in [0.05, 0.1) is 0 Å². The van der Waals surface area contributed by atoms with E-state index in [1.807, 2.05) is 24.3 Å². The number of likely N-dealkylation sites (tertiary alicyclic amines) is 1. The lowest BCUT2D eigenvalue weighted by Crippen LogP contribution is -2.41. The van der Waals surface area contributed by atoms with Gasteiger partial charge in [-0.25, -0.2) is 0 Å². The molecule has 19 heavy (non-hydrogen) atoms. The van der Waals surface area contributed by atoms with Gasteiger partial charge in [-0.3, -0.25) is 0 Å². The average Bonchev–Trinajstić information content (AvgIpc) is 2.38. The van der Waals surface area contributed by atoms with Crippen molar-refractivity contribution in [2.24, 2.45) is 5.92 Å². The Kier molecular flexibility index (Phi) is 5.67. The van der Waals surface area contributed by atoms with E-state index in [-0.39, 0.29) is 0 Å². The van der Waals surface area contributed by atoms with Crippen molar-refractivity contribution in [2.75, 3.05) is 26.2 Å². The van der Waals surface area contributed by atoms with Gasteiger partial charge in [-0.05, 0) is 49.6 Å². The quantitative estimate of drug-likeness (QED) is 0.902. The Hall–Kier alpha value is -0.580. The number of aliphatic hydroxyl groups excluding tert-OH is 1. The maximum atomic E-state index is 10.0. The first kappa shape index (κ1) is 14.8. The van der Waals surface area contributed by atoms with Crippen LogP contribution in [-0.4, -0.2) is 42.4 Å². The largest absolute Gasteiger partial charge is 0.491 e. The summed E-state index contributed by atoms with van der Waals surface area (Å²) in [6.45, 7) is 5.53. The number of benzene rings is 1. The highest BCUT2D eigenvalue weighted by atomic mass is 79.9. The van der Waals surface area contributed by atoms with Crippen LogP contribution in [0.5, 0.6) is 5.75 Å². The van der Waals surface area contributed by atoms with Crippen molar-refractivity contribution in [3.63, 3.8) is 0 Å². The normalized spacial score (nSPS) is 22.2. The van der Waals surface area contributed by atoms with Crippen LogP contribution in [0.2, 0.25) is 0 Å². The molecule has 0 aromatic heterocycles. The molecule has 1 fully saturated rings. The molecule has 1 aromatic rings. The van der Waals surface area contributed by atoms with Crippen LogP contribution >= 0.6 is 15.9 Å². The summed E-state index contributed by atoms with van der Waals surface area (Å²) < 4.78 is 6.62. The third-order valence-corrected chi connectivity index (χ3v) is 3.99. The fourth-order valence-electron chi connectivity index (χ4n) is 2.53. The van der Waals surface area contributed by atoms with Crippen LogP contribution in [-0.2, 0) is 0 Å². The molecule has 2 rings (SSSR count). The molecule has 0 bridgehead atoms. The number of hydrogen-bond acceptors (Lipinski definition) is 3. The molecule has 0 spiro atoms. The minimum absolute atomic E-state index is 0.354. The first-order valence-corrected chi connectivity index (χ1v) is 7.71. The number of hydrogen-bond donors (Lipinski definition) is 1. The molecular weight excluding hydrogens is 306 g/mol. The highest BCUT2D eigenvalue weighted by molar-refractivity contribution is 9.10. The lowest BCUT2D eigenvalue weighted by Gasteiger charge is -2.32. The fourth-order valence-corrected chi connectivity index (χ4v) is 2.79. The van der Waals surface area contributed by atoms with E-state index in [2.05, 4.69) is 27.8 Å². The predicted molar refractivity (Wildman–Crippen MR) is 80.5 cm³/mol. The summed E-state index contributed by atoms with van der Waals surface area (Å²) in [5, 5.41) is 10.0. The molecule has 1 heterocycles. The van der Waals surface area contributed by atoms with Crippen molar-refractivity contribution < 1.29 is 9.84 Å². The van der Waals surface area contributed by atoms with Gasteiger partial charge >= 0.3 is 0 Å². The molecule has 0 radical (unpaired) electrons. The Balaban J connectivity index is 1.72. The van der Waals surface area contributed by atoms with Crippen LogP contribution in [0.1, 0.15) is 19.8 Å². The first-order valence-electron chi connectivity index (χ1n) is 6.92. The standard InChI is InChI=1S/C15H22BrNO2/c1-12-3-2-8-17(9-12)10-14(18)11-19-15-6-4-13(16)5-7-15/h4-7,12,14,18H,2-3,8-11H2,1H3/t12-,14-/m0/s1. The summed E-state index contributed by atoms with van der Waals surface area (Å²) in [6, 6.07) is 7.68. The Morgan fingerprint density at radius 1 is 1.42 bits per heavy atom. The van der Waals surface area contributed by atoms with E-state index in [1.54, 1.807) is 0 Å². The fraction of sp³-hybridized carbons (Fsp3) is 0.600. The Bertz CT molecular complexity index is 382. The maximum absolute atomic E-state index is 10.0. The molecule has 0 aliphatic carbocycles. The minimum atomic E-state index is -0.422. The second-order valence-corrected chi connectivity index (χ2v) is 6.34. The molecule has 1 N–H and O–H groups in total. The van der Waals surface area contributed by atoms with Gasteiger partial charge in [0.1, 0.15) is 18.5 Å². The Morgan fingerprint density at radius 3 is 2.84 bits per heavy atom. The first-order chi connectivity index (χ1) is 9.13. The molecule has 2 atom stereocenters. The summed E-state index contributed by atoms with van der Waals surface area (Å²) >= 11 is 3.39. The van der Waals surface area contributed by atoms with Crippen molar-refractivity contribution in [1.82, 2.24) is 4.90 Å². The predicted octanol–water partition coefficient (Wildman–Crippen LogP) is 2.92. The van der Waals surface area contributed by atoms with Crippen molar-refractivity contribution in [2.45, 2.75) is 25.9 Å². The molecule has 3 nitrogen and oxygen atoms in total. The Labute approximate surface area is 123 Å². The average molecular weight is 328 g/mol. The second kappa shape index (κ2) is 7.27. The molecule has 4 heteroatoms. The number of piperidine rings is 1. The molecule has 1 aliphatic rings. The molecule has 0 saturated carbocycles. The van der Waals surface area contributed by atoms with Gasteiger partial charge < -0.3 is 14.7 Å².